The number of benzene rings is 1. The molecular formula is C23H29N3O5. The summed E-state index contributed by atoms with van der Waals surface area (Å²) in [6.07, 6.45) is 2.32. The topological polar surface area (TPSA) is 89.0 Å². The molecule has 4 rings (SSSR count). The average Bonchev–Trinajstić information content (AvgIpc) is 3.53. The summed E-state index contributed by atoms with van der Waals surface area (Å²) >= 11 is 0. The minimum atomic E-state index is -0.202. The van der Waals surface area contributed by atoms with Crippen LogP contribution in [0.2, 0.25) is 0 Å². The zero-order valence-corrected chi connectivity index (χ0v) is 18.4. The number of methoxy groups -OCH3 is 3. The molecule has 1 unspecified atom stereocenters. The van der Waals surface area contributed by atoms with Gasteiger partial charge in [0.05, 0.1) is 32.9 Å². The molecule has 1 atom stereocenters. The molecule has 0 radical (unpaired) electrons. The Morgan fingerprint density at radius 1 is 1.13 bits per heavy atom. The molecule has 0 saturated carbocycles. The van der Waals surface area contributed by atoms with Crippen LogP contribution in [0.15, 0.2) is 28.7 Å². The number of furan rings is 1. The summed E-state index contributed by atoms with van der Waals surface area (Å²) in [5.74, 6) is 3.20. The van der Waals surface area contributed by atoms with Crippen LogP contribution in [-0.2, 0) is 0 Å². The first-order valence-electron chi connectivity index (χ1n) is 10.5. The van der Waals surface area contributed by atoms with Crippen LogP contribution < -0.4 is 19.5 Å². The highest BCUT2D eigenvalue weighted by Crippen LogP contribution is 2.41. The largest absolute Gasteiger partial charge is 0.496 e. The lowest BCUT2D eigenvalue weighted by Gasteiger charge is -2.26. The Labute approximate surface area is 181 Å². The fourth-order valence-electron chi connectivity index (χ4n) is 4.24. The first-order valence-corrected chi connectivity index (χ1v) is 10.5. The Bertz CT molecular complexity index is 1060. The highest BCUT2D eigenvalue weighted by Gasteiger charge is 2.27. The number of aromatic amines is 1. The van der Waals surface area contributed by atoms with Crippen molar-refractivity contribution in [1.29, 1.82) is 0 Å². The van der Waals surface area contributed by atoms with Gasteiger partial charge in [0.2, 0.25) is 0 Å². The minimum Gasteiger partial charge on any atom is -0.496 e. The first-order chi connectivity index (χ1) is 15.0. The summed E-state index contributed by atoms with van der Waals surface area (Å²) in [6.45, 7) is 4.39. The second-order valence-corrected chi connectivity index (χ2v) is 7.70. The van der Waals surface area contributed by atoms with Crippen LogP contribution >= 0.6 is 0 Å². The number of hydrogen-bond donors (Lipinski definition) is 2. The Morgan fingerprint density at radius 2 is 1.87 bits per heavy atom. The third-order valence-electron chi connectivity index (χ3n) is 5.81. The quantitative estimate of drug-likeness (QED) is 0.570. The van der Waals surface area contributed by atoms with Gasteiger partial charge in [0.15, 0.2) is 11.5 Å². The normalized spacial score (nSPS) is 15.2. The van der Waals surface area contributed by atoms with E-state index in [-0.39, 0.29) is 11.9 Å². The van der Waals surface area contributed by atoms with E-state index in [1.54, 1.807) is 33.5 Å². The predicted octanol–water partition coefficient (Wildman–Crippen LogP) is 3.66. The number of H-pyrrole nitrogens is 1. The number of nitrogens with zero attached hydrogens (tertiary/aromatic N) is 1. The maximum Gasteiger partial charge on any atom is 0.267 e. The van der Waals surface area contributed by atoms with E-state index in [1.807, 2.05) is 19.1 Å². The Balaban J connectivity index is 1.58. The number of hydrogen-bond acceptors (Lipinski definition) is 6. The molecule has 0 aliphatic carbocycles. The van der Waals surface area contributed by atoms with Crippen molar-refractivity contribution in [1.82, 2.24) is 15.2 Å². The van der Waals surface area contributed by atoms with E-state index in [1.165, 1.54) is 0 Å². The number of carbonyl (C=O) groups is 1. The Kier molecular flexibility index (Phi) is 6.08. The predicted molar refractivity (Wildman–Crippen MR) is 117 cm³/mol. The zero-order chi connectivity index (χ0) is 22.0. The average molecular weight is 428 g/mol. The van der Waals surface area contributed by atoms with E-state index in [9.17, 15) is 4.79 Å². The van der Waals surface area contributed by atoms with Gasteiger partial charge in [-0.1, -0.05) is 0 Å². The van der Waals surface area contributed by atoms with Crippen molar-refractivity contribution in [2.45, 2.75) is 25.8 Å². The molecule has 166 valence electrons. The van der Waals surface area contributed by atoms with E-state index >= 15 is 0 Å². The van der Waals surface area contributed by atoms with Gasteiger partial charge < -0.3 is 28.9 Å². The van der Waals surface area contributed by atoms with Crippen LogP contribution in [0.1, 0.15) is 40.9 Å². The van der Waals surface area contributed by atoms with Crippen LogP contribution in [0, 0.1) is 6.92 Å². The van der Waals surface area contributed by atoms with Gasteiger partial charge >= 0.3 is 0 Å². The number of nitrogens with one attached hydrogen (secondary N) is 2. The fraction of sp³-hybridized carbons (Fsp3) is 0.435. The minimum absolute atomic E-state index is 0.00805. The van der Waals surface area contributed by atoms with Crippen LogP contribution in [0.3, 0.4) is 0 Å². The van der Waals surface area contributed by atoms with Crippen LogP contribution in [0.5, 0.6) is 17.2 Å². The van der Waals surface area contributed by atoms with Crippen molar-refractivity contribution in [3.63, 3.8) is 0 Å². The standard InChI is InChI=1S/C23H29N3O5/c1-14-7-8-18(31-14)17(26-9-5-6-10-26)13-24-23(27)16-11-15-19(28-2)12-20(29-3)22(30-4)21(15)25-16/h7-8,11-12,17,25H,5-6,9-10,13H2,1-4H3,(H,24,27). The van der Waals surface area contributed by atoms with E-state index in [2.05, 4.69) is 15.2 Å². The van der Waals surface area contributed by atoms with Crippen LogP contribution in [-0.4, -0.2) is 56.8 Å². The number of aromatic nitrogens is 1. The van der Waals surface area contributed by atoms with Crippen molar-refractivity contribution in [2.24, 2.45) is 0 Å². The second kappa shape index (κ2) is 8.93. The van der Waals surface area contributed by atoms with Gasteiger partial charge in [-0.2, -0.15) is 0 Å². The second-order valence-electron chi connectivity index (χ2n) is 7.70. The molecule has 1 aromatic carbocycles. The summed E-state index contributed by atoms with van der Waals surface area (Å²) in [5.41, 5.74) is 1.08. The summed E-state index contributed by atoms with van der Waals surface area (Å²) in [6, 6.07) is 7.49. The molecule has 31 heavy (non-hydrogen) atoms. The third-order valence-corrected chi connectivity index (χ3v) is 5.81. The molecule has 2 N–H and O–H groups in total. The lowest BCUT2D eigenvalue weighted by atomic mass is 10.2. The molecule has 3 aromatic rings. The smallest absolute Gasteiger partial charge is 0.267 e. The Morgan fingerprint density at radius 3 is 2.48 bits per heavy atom. The highest BCUT2D eigenvalue weighted by molar-refractivity contribution is 6.02. The van der Waals surface area contributed by atoms with Gasteiger partial charge in [-0.15, -0.1) is 0 Å². The maximum atomic E-state index is 13.0. The van der Waals surface area contributed by atoms with Gasteiger partial charge in [0, 0.05) is 18.0 Å². The number of carbonyl (C=O) groups excluding carboxylic acids is 1. The van der Waals surface area contributed by atoms with Gasteiger partial charge in [-0.05, 0) is 51.1 Å². The number of likely N-dealkylation sites (tertiary alicyclic amines) is 1. The van der Waals surface area contributed by atoms with Crippen LogP contribution in [0.4, 0.5) is 0 Å². The number of amides is 1. The molecular weight excluding hydrogens is 398 g/mol. The highest BCUT2D eigenvalue weighted by atomic mass is 16.5. The van der Waals surface area contributed by atoms with Gasteiger partial charge in [0.25, 0.3) is 5.91 Å². The molecule has 8 heteroatoms. The molecule has 1 saturated heterocycles. The molecule has 3 heterocycles. The zero-order valence-electron chi connectivity index (χ0n) is 18.4. The molecule has 2 aromatic heterocycles. The summed E-state index contributed by atoms with van der Waals surface area (Å²) < 4.78 is 22.3. The van der Waals surface area contributed by atoms with Gasteiger partial charge in [-0.25, -0.2) is 0 Å². The molecule has 1 aliphatic heterocycles. The summed E-state index contributed by atoms with van der Waals surface area (Å²) in [4.78, 5) is 18.5. The SMILES string of the molecule is COc1cc(OC)c2cc(C(=O)NCC(c3ccc(C)o3)N3CCCC3)[nH]c2c1OC. The first kappa shape index (κ1) is 21.1. The van der Waals surface area contributed by atoms with Crippen LogP contribution in [0.25, 0.3) is 10.9 Å². The van der Waals surface area contributed by atoms with E-state index in [0.29, 0.717) is 35.0 Å². The van der Waals surface area contributed by atoms with Crippen molar-refractivity contribution in [2.75, 3.05) is 41.0 Å². The van der Waals surface area contributed by atoms with Gasteiger partial charge in [-0.3, -0.25) is 9.69 Å². The molecule has 1 fully saturated rings. The monoisotopic (exact) mass is 427 g/mol. The maximum absolute atomic E-state index is 13.0. The lowest BCUT2D eigenvalue weighted by molar-refractivity contribution is 0.0929. The van der Waals surface area contributed by atoms with Crippen molar-refractivity contribution >= 4 is 16.8 Å². The van der Waals surface area contributed by atoms with E-state index in [0.717, 1.165) is 42.8 Å². The van der Waals surface area contributed by atoms with E-state index in [4.69, 9.17) is 18.6 Å². The lowest BCUT2D eigenvalue weighted by Crippen LogP contribution is -2.36. The van der Waals surface area contributed by atoms with E-state index < -0.39 is 0 Å². The number of fused-ring (bicyclic) bond motifs is 1. The summed E-state index contributed by atoms with van der Waals surface area (Å²) in [7, 11) is 4.71. The molecule has 0 bridgehead atoms. The molecule has 8 nitrogen and oxygen atoms in total. The van der Waals surface area contributed by atoms with Crippen molar-refractivity contribution in [3.05, 3.63) is 41.5 Å². The fourth-order valence-corrected chi connectivity index (χ4v) is 4.24. The number of rotatable bonds is 8. The molecule has 1 amide bonds. The third kappa shape index (κ3) is 4.07. The summed E-state index contributed by atoms with van der Waals surface area (Å²) in [5, 5.41) is 3.82. The Hall–Kier alpha value is -3.13. The number of aryl methyl sites for hydroxylation is 1. The van der Waals surface area contributed by atoms with Crippen molar-refractivity contribution in [3.8, 4) is 17.2 Å². The molecule has 1 aliphatic rings. The van der Waals surface area contributed by atoms with Crippen molar-refractivity contribution < 1.29 is 23.4 Å². The molecule has 0 spiro atoms. The number of ether oxygens (including phenoxy) is 3. The van der Waals surface area contributed by atoms with Gasteiger partial charge in [0.1, 0.15) is 23.0 Å².